The van der Waals surface area contributed by atoms with Gasteiger partial charge in [-0.25, -0.2) is 0 Å². The highest BCUT2D eigenvalue weighted by Gasteiger charge is 2.26. The van der Waals surface area contributed by atoms with Crippen LogP contribution < -0.4 is 0 Å². The highest BCUT2D eigenvalue weighted by atomic mass is 16.7. The van der Waals surface area contributed by atoms with Crippen LogP contribution in [0.15, 0.2) is 30.3 Å². The number of ether oxygens (including phenoxy) is 2. The molecular formula is C18H28O2. The number of rotatable bonds is 6. The van der Waals surface area contributed by atoms with Gasteiger partial charge in [-0.2, -0.15) is 0 Å². The summed E-state index contributed by atoms with van der Waals surface area (Å²) >= 11 is 0. The van der Waals surface area contributed by atoms with Gasteiger partial charge in [-0.1, -0.05) is 57.5 Å². The van der Waals surface area contributed by atoms with Crippen LogP contribution in [0, 0.1) is 5.41 Å². The van der Waals surface area contributed by atoms with Crippen molar-refractivity contribution in [3.63, 3.8) is 0 Å². The average Bonchev–Trinajstić information content (AvgIpc) is 2.47. The van der Waals surface area contributed by atoms with Crippen LogP contribution in [0.25, 0.3) is 0 Å². The van der Waals surface area contributed by atoms with E-state index in [1.165, 1.54) is 19.3 Å². The first kappa shape index (κ1) is 15.5. The summed E-state index contributed by atoms with van der Waals surface area (Å²) in [6, 6.07) is 10.3. The molecule has 1 aliphatic rings. The molecule has 1 aromatic carbocycles. The predicted octanol–water partition coefficient (Wildman–Crippen LogP) is 5.10. The molecule has 0 radical (unpaired) electrons. The van der Waals surface area contributed by atoms with Gasteiger partial charge in [0.25, 0.3) is 0 Å². The molecule has 0 N–H and O–H groups in total. The molecule has 2 atom stereocenters. The van der Waals surface area contributed by atoms with Crippen molar-refractivity contribution in [3.8, 4) is 0 Å². The minimum absolute atomic E-state index is 0.177. The molecule has 20 heavy (non-hydrogen) atoms. The molecule has 0 amide bonds. The van der Waals surface area contributed by atoms with Crippen molar-refractivity contribution in [1.29, 1.82) is 0 Å². The third kappa shape index (κ3) is 4.60. The van der Waals surface area contributed by atoms with E-state index in [-0.39, 0.29) is 6.29 Å². The van der Waals surface area contributed by atoms with Crippen LogP contribution in [0.2, 0.25) is 0 Å². The lowest BCUT2D eigenvalue weighted by Crippen LogP contribution is -2.28. The van der Waals surface area contributed by atoms with Crippen LogP contribution >= 0.6 is 0 Å². The Morgan fingerprint density at radius 3 is 2.60 bits per heavy atom. The molecule has 1 heterocycles. The van der Waals surface area contributed by atoms with Crippen LogP contribution in [-0.4, -0.2) is 12.7 Å². The summed E-state index contributed by atoms with van der Waals surface area (Å²) in [7, 11) is 0. The third-order valence-electron chi connectivity index (χ3n) is 4.17. The van der Waals surface area contributed by atoms with Gasteiger partial charge in [0.15, 0.2) is 6.29 Å². The van der Waals surface area contributed by atoms with Crippen molar-refractivity contribution in [2.45, 2.75) is 65.3 Å². The maximum absolute atomic E-state index is 6.12. The summed E-state index contributed by atoms with van der Waals surface area (Å²) in [6.07, 6.45) is 6.10. The second kappa shape index (κ2) is 7.24. The fourth-order valence-electron chi connectivity index (χ4n) is 2.94. The van der Waals surface area contributed by atoms with Crippen LogP contribution in [-0.2, 0) is 9.47 Å². The molecule has 112 valence electrons. The molecule has 1 saturated heterocycles. The predicted molar refractivity (Wildman–Crippen MR) is 82.5 cm³/mol. The molecule has 0 aromatic heterocycles. The Kier molecular flexibility index (Phi) is 5.62. The van der Waals surface area contributed by atoms with Crippen LogP contribution in [0.1, 0.15) is 64.7 Å². The van der Waals surface area contributed by atoms with Crippen molar-refractivity contribution in [2.75, 3.05) is 6.61 Å². The van der Waals surface area contributed by atoms with Gasteiger partial charge < -0.3 is 9.47 Å². The Morgan fingerprint density at radius 1 is 1.15 bits per heavy atom. The smallest absolute Gasteiger partial charge is 0.184 e. The Hall–Kier alpha value is -0.860. The van der Waals surface area contributed by atoms with E-state index < -0.39 is 0 Å². The molecule has 1 aliphatic heterocycles. The molecule has 0 spiro atoms. The lowest BCUT2D eigenvalue weighted by atomic mass is 9.82. The highest BCUT2D eigenvalue weighted by molar-refractivity contribution is 5.16. The van der Waals surface area contributed by atoms with E-state index in [4.69, 9.17) is 9.47 Å². The lowest BCUT2D eigenvalue weighted by molar-refractivity contribution is -0.219. The molecule has 1 aromatic rings. The summed E-state index contributed by atoms with van der Waals surface area (Å²) < 4.78 is 11.9. The standard InChI is InChI=1S/C18H28O2/c1-4-12-18(2,3)13-10-16-11-14-19-17(20-16)15-8-6-5-7-9-15/h5-9,16-17H,4,10-14H2,1-3H3/t16-,17?/m0/s1. The molecular weight excluding hydrogens is 248 g/mol. The monoisotopic (exact) mass is 276 g/mol. The minimum atomic E-state index is -0.177. The number of hydrogen-bond donors (Lipinski definition) is 0. The van der Waals surface area contributed by atoms with Gasteiger partial charge in [0.05, 0.1) is 12.7 Å². The first-order valence-corrected chi connectivity index (χ1v) is 7.93. The van der Waals surface area contributed by atoms with Gasteiger partial charge in [0.1, 0.15) is 0 Å². The van der Waals surface area contributed by atoms with Gasteiger partial charge in [0, 0.05) is 5.56 Å². The molecule has 2 heteroatoms. The fraction of sp³-hybridized carbons (Fsp3) is 0.667. The Bertz CT molecular complexity index is 386. The Balaban J connectivity index is 1.85. The highest BCUT2D eigenvalue weighted by Crippen LogP contribution is 2.33. The largest absolute Gasteiger partial charge is 0.348 e. The van der Waals surface area contributed by atoms with Gasteiger partial charge in [0.2, 0.25) is 0 Å². The zero-order valence-corrected chi connectivity index (χ0v) is 13.1. The molecule has 1 unspecified atom stereocenters. The SMILES string of the molecule is CCCC(C)(C)CC[C@H]1CCOC(c2ccccc2)O1. The molecule has 0 bridgehead atoms. The summed E-state index contributed by atoms with van der Waals surface area (Å²) in [6.45, 7) is 7.80. The lowest BCUT2D eigenvalue weighted by Gasteiger charge is -2.33. The van der Waals surface area contributed by atoms with Crippen LogP contribution in [0.4, 0.5) is 0 Å². The van der Waals surface area contributed by atoms with E-state index in [0.29, 0.717) is 11.5 Å². The quantitative estimate of drug-likeness (QED) is 0.720. The molecule has 2 rings (SSSR count). The Morgan fingerprint density at radius 2 is 1.90 bits per heavy atom. The van der Waals surface area contributed by atoms with Crippen molar-refractivity contribution in [2.24, 2.45) is 5.41 Å². The van der Waals surface area contributed by atoms with E-state index in [0.717, 1.165) is 25.0 Å². The molecule has 1 fully saturated rings. The minimum Gasteiger partial charge on any atom is -0.348 e. The van der Waals surface area contributed by atoms with Crippen molar-refractivity contribution >= 4 is 0 Å². The fourth-order valence-corrected chi connectivity index (χ4v) is 2.94. The van der Waals surface area contributed by atoms with E-state index in [2.05, 4.69) is 32.9 Å². The second-order valence-electron chi connectivity index (χ2n) is 6.61. The normalized spacial score (nSPS) is 23.8. The molecule has 0 aliphatic carbocycles. The maximum atomic E-state index is 6.12. The van der Waals surface area contributed by atoms with Crippen LogP contribution in [0.3, 0.4) is 0 Å². The van der Waals surface area contributed by atoms with Gasteiger partial charge >= 0.3 is 0 Å². The van der Waals surface area contributed by atoms with E-state index in [1.54, 1.807) is 0 Å². The zero-order chi connectivity index (χ0) is 14.4. The summed E-state index contributed by atoms with van der Waals surface area (Å²) in [5, 5.41) is 0. The zero-order valence-electron chi connectivity index (χ0n) is 13.1. The molecule has 2 nitrogen and oxygen atoms in total. The van der Waals surface area contributed by atoms with Crippen molar-refractivity contribution in [3.05, 3.63) is 35.9 Å². The third-order valence-corrected chi connectivity index (χ3v) is 4.17. The second-order valence-corrected chi connectivity index (χ2v) is 6.61. The Labute approximate surface area is 123 Å². The van der Waals surface area contributed by atoms with E-state index in [9.17, 15) is 0 Å². The maximum Gasteiger partial charge on any atom is 0.184 e. The van der Waals surface area contributed by atoms with Crippen LogP contribution in [0.5, 0.6) is 0 Å². The topological polar surface area (TPSA) is 18.5 Å². The number of hydrogen-bond acceptors (Lipinski definition) is 2. The first-order chi connectivity index (χ1) is 9.61. The number of benzene rings is 1. The van der Waals surface area contributed by atoms with E-state index in [1.807, 2.05) is 18.2 Å². The first-order valence-electron chi connectivity index (χ1n) is 7.93. The van der Waals surface area contributed by atoms with E-state index >= 15 is 0 Å². The average molecular weight is 276 g/mol. The van der Waals surface area contributed by atoms with Gasteiger partial charge in [-0.3, -0.25) is 0 Å². The van der Waals surface area contributed by atoms with Crippen molar-refractivity contribution in [1.82, 2.24) is 0 Å². The molecule has 0 saturated carbocycles. The van der Waals surface area contributed by atoms with Gasteiger partial charge in [-0.05, 0) is 31.1 Å². The van der Waals surface area contributed by atoms with Crippen molar-refractivity contribution < 1.29 is 9.47 Å². The summed E-state index contributed by atoms with van der Waals surface area (Å²) in [4.78, 5) is 0. The van der Waals surface area contributed by atoms with Gasteiger partial charge in [-0.15, -0.1) is 0 Å². The summed E-state index contributed by atoms with van der Waals surface area (Å²) in [5.41, 5.74) is 1.56. The summed E-state index contributed by atoms with van der Waals surface area (Å²) in [5.74, 6) is 0.